The molecule has 0 aliphatic carbocycles. The molecule has 3 aromatic rings. The normalized spacial score (nSPS) is 15.4. The lowest BCUT2D eigenvalue weighted by molar-refractivity contribution is 1.01. The van der Waals surface area contributed by atoms with Gasteiger partial charge in [-0.2, -0.15) is 0 Å². The van der Waals surface area contributed by atoms with Crippen LogP contribution >= 0.6 is 0 Å². The molecule has 2 heterocycles. The number of anilines is 1. The molecule has 0 saturated carbocycles. The molecule has 0 spiro atoms. The van der Waals surface area contributed by atoms with Gasteiger partial charge in [0.2, 0.25) is 0 Å². The molecular formula is C23H22N2. The van der Waals surface area contributed by atoms with E-state index in [0.717, 1.165) is 24.2 Å². The summed E-state index contributed by atoms with van der Waals surface area (Å²) in [6, 6.07) is 21.3. The third-order valence-electron chi connectivity index (χ3n) is 4.85. The molecule has 0 unspecified atom stereocenters. The summed E-state index contributed by atoms with van der Waals surface area (Å²) < 4.78 is 0. The topological polar surface area (TPSA) is 16.1 Å². The van der Waals surface area contributed by atoms with Crippen molar-refractivity contribution in [1.29, 1.82) is 0 Å². The molecule has 0 radical (unpaired) electrons. The Kier molecular flexibility index (Phi) is 4.10. The molecule has 0 saturated heterocycles. The third-order valence-corrected chi connectivity index (χ3v) is 4.85. The Labute approximate surface area is 149 Å². The van der Waals surface area contributed by atoms with Crippen molar-refractivity contribution in [2.24, 2.45) is 0 Å². The Balaban J connectivity index is 1.92. The zero-order chi connectivity index (χ0) is 17.2. The molecule has 0 amide bonds. The number of nitrogens with zero attached hydrogens (tertiary/aromatic N) is 2. The summed E-state index contributed by atoms with van der Waals surface area (Å²) in [6.45, 7) is 5.36. The van der Waals surface area contributed by atoms with Gasteiger partial charge in [-0.25, -0.2) is 4.98 Å². The van der Waals surface area contributed by atoms with Crippen LogP contribution in [0, 0.1) is 0 Å². The summed E-state index contributed by atoms with van der Waals surface area (Å²) >= 11 is 0. The van der Waals surface area contributed by atoms with Crippen molar-refractivity contribution < 1.29 is 0 Å². The van der Waals surface area contributed by atoms with E-state index in [1.807, 2.05) is 6.07 Å². The standard InChI is InChI=1S/C23H22N2/c1-3-18(22-14-13-17-9-5-7-11-21(17)24-22)19-15-16-25(4-2)23-12-8-6-10-20(19)23/h5-16H,3-4H2,1-2H3. The Hall–Kier alpha value is -2.87. The predicted octanol–water partition coefficient (Wildman–Crippen LogP) is 5.91. The van der Waals surface area contributed by atoms with Crippen LogP contribution in [0.1, 0.15) is 31.5 Å². The Morgan fingerprint density at radius 1 is 0.920 bits per heavy atom. The molecule has 4 rings (SSSR count). The Morgan fingerprint density at radius 2 is 1.72 bits per heavy atom. The van der Waals surface area contributed by atoms with E-state index in [0.29, 0.717) is 0 Å². The molecule has 0 fully saturated rings. The molecule has 0 atom stereocenters. The summed E-state index contributed by atoms with van der Waals surface area (Å²) in [5.41, 5.74) is 7.26. The molecule has 1 aromatic heterocycles. The molecular weight excluding hydrogens is 304 g/mol. The van der Waals surface area contributed by atoms with E-state index in [1.54, 1.807) is 0 Å². The number of aromatic nitrogens is 1. The molecule has 2 nitrogen and oxygen atoms in total. The number of fused-ring (bicyclic) bond motifs is 2. The fourth-order valence-electron chi connectivity index (χ4n) is 3.57. The van der Waals surface area contributed by atoms with Gasteiger partial charge in [-0.1, -0.05) is 49.4 Å². The molecule has 2 aromatic carbocycles. The number of hydrogen-bond donors (Lipinski definition) is 0. The summed E-state index contributed by atoms with van der Waals surface area (Å²) in [6.07, 6.45) is 5.38. The van der Waals surface area contributed by atoms with Crippen molar-refractivity contribution in [2.45, 2.75) is 20.3 Å². The van der Waals surface area contributed by atoms with Crippen LogP contribution in [0.4, 0.5) is 5.69 Å². The van der Waals surface area contributed by atoms with Crippen molar-refractivity contribution in [3.63, 3.8) is 0 Å². The minimum absolute atomic E-state index is 0.950. The van der Waals surface area contributed by atoms with Gasteiger partial charge in [0.15, 0.2) is 0 Å². The van der Waals surface area contributed by atoms with Crippen molar-refractivity contribution in [1.82, 2.24) is 4.98 Å². The zero-order valence-corrected chi connectivity index (χ0v) is 14.7. The van der Waals surface area contributed by atoms with Crippen LogP contribution in [0.15, 0.2) is 72.9 Å². The largest absolute Gasteiger partial charge is 0.348 e. The highest BCUT2D eigenvalue weighted by molar-refractivity contribution is 6.00. The van der Waals surface area contributed by atoms with Gasteiger partial charge in [0.05, 0.1) is 11.2 Å². The summed E-state index contributed by atoms with van der Waals surface area (Å²) in [5.74, 6) is 0. The number of para-hydroxylation sites is 2. The maximum absolute atomic E-state index is 4.93. The SMILES string of the molecule is CCC(=C1C=CN(CC)c2ccccc21)c1ccc2ccccc2n1. The second-order valence-corrected chi connectivity index (χ2v) is 6.25. The highest BCUT2D eigenvalue weighted by Crippen LogP contribution is 2.38. The number of benzene rings is 2. The molecule has 124 valence electrons. The first-order valence-electron chi connectivity index (χ1n) is 8.95. The Bertz CT molecular complexity index is 982. The minimum atomic E-state index is 0.950. The van der Waals surface area contributed by atoms with Gasteiger partial charge in [-0.15, -0.1) is 0 Å². The van der Waals surface area contributed by atoms with E-state index in [1.165, 1.54) is 27.8 Å². The van der Waals surface area contributed by atoms with Crippen molar-refractivity contribution in [3.05, 3.63) is 84.2 Å². The van der Waals surface area contributed by atoms with E-state index < -0.39 is 0 Å². The van der Waals surface area contributed by atoms with E-state index in [9.17, 15) is 0 Å². The molecule has 0 bridgehead atoms. The zero-order valence-electron chi connectivity index (χ0n) is 14.7. The number of hydrogen-bond acceptors (Lipinski definition) is 2. The van der Waals surface area contributed by atoms with E-state index in [2.05, 4.69) is 85.6 Å². The van der Waals surface area contributed by atoms with Crippen LogP contribution in [-0.4, -0.2) is 11.5 Å². The predicted molar refractivity (Wildman–Crippen MR) is 107 cm³/mol. The van der Waals surface area contributed by atoms with Gasteiger partial charge in [-0.05, 0) is 48.8 Å². The molecule has 1 aliphatic rings. The highest BCUT2D eigenvalue weighted by Gasteiger charge is 2.18. The molecule has 2 heteroatoms. The van der Waals surface area contributed by atoms with Crippen LogP contribution < -0.4 is 4.90 Å². The number of pyridine rings is 1. The van der Waals surface area contributed by atoms with Crippen LogP contribution in [0.5, 0.6) is 0 Å². The monoisotopic (exact) mass is 326 g/mol. The fraction of sp³-hybridized carbons (Fsp3) is 0.174. The first-order valence-corrected chi connectivity index (χ1v) is 8.95. The lowest BCUT2D eigenvalue weighted by atomic mass is 9.92. The van der Waals surface area contributed by atoms with Crippen molar-refractivity contribution in [2.75, 3.05) is 11.4 Å². The average molecular weight is 326 g/mol. The average Bonchev–Trinajstić information content (AvgIpc) is 2.68. The second-order valence-electron chi connectivity index (χ2n) is 6.25. The van der Waals surface area contributed by atoms with Crippen LogP contribution in [0.2, 0.25) is 0 Å². The quantitative estimate of drug-likeness (QED) is 0.595. The Morgan fingerprint density at radius 3 is 2.56 bits per heavy atom. The summed E-state index contributed by atoms with van der Waals surface area (Å²) in [7, 11) is 0. The number of rotatable bonds is 3. The summed E-state index contributed by atoms with van der Waals surface area (Å²) in [4.78, 5) is 7.22. The van der Waals surface area contributed by atoms with E-state index >= 15 is 0 Å². The van der Waals surface area contributed by atoms with Crippen LogP contribution in [0.25, 0.3) is 22.0 Å². The maximum Gasteiger partial charge on any atom is 0.0709 e. The molecule has 25 heavy (non-hydrogen) atoms. The fourth-order valence-corrected chi connectivity index (χ4v) is 3.57. The van der Waals surface area contributed by atoms with E-state index in [4.69, 9.17) is 4.98 Å². The van der Waals surface area contributed by atoms with Crippen LogP contribution in [0.3, 0.4) is 0 Å². The van der Waals surface area contributed by atoms with Crippen molar-refractivity contribution in [3.8, 4) is 0 Å². The maximum atomic E-state index is 4.93. The van der Waals surface area contributed by atoms with Gasteiger partial charge < -0.3 is 4.90 Å². The lowest BCUT2D eigenvalue weighted by Crippen LogP contribution is -2.19. The first kappa shape index (κ1) is 15.6. The van der Waals surface area contributed by atoms with Crippen molar-refractivity contribution >= 4 is 27.7 Å². The molecule has 1 aliphatic heterocycles. The van der Waals surface area contributed by atoms with Gasteiger partial charge in [0.1, 0.15) is 0 Å². The minimum Gasteiger partial charge on any atom is -0.348 e. The van der Waals surface area contributed by atoms with Gasteiger partial charge in [0, 0.05) is 29.4 Å². The highest BCUT2D eigenvalue weighted by atomic mass is 15.1. The third kappa shape index (κ3) is 2.74. The first-order chi connectivity index (χ1) is 12.3. The molecule has 0 N–H and O–H groups in total. The summed E-state index contributed by atoms with van der Waals surface area (Å²) in [5, 5.41) is 1.18. The number of allylic oxidation sites excluding steroid dienone is 3. The van der Waals surface area contributed by atoms with E-state index in [-0.39, 0.29) is 0 Å². The van der Waals surface area contributed by atoms with Gasteiger partial charge in [-0.3, -0.25) is 0 Å². The second kappa shape index (κ2) is 6.56. The lowest BCUT2D eigenvalue weighted by Gasteiger charge is -2.27. The van der Waals surface area contributed by atoms with Gasteiger partial charge in [0.25, 0.3) is 0 Å². The van der Waals surface area contributed by atoms with Crippen LogP contribution in [-0.2, 0) is 0 Å². The smallest absolute Gasteiger partial charge is 0.0709 e. The van der Waals surface area contributed by atoms with Gasteiger partial charge >= 0.3 is 0 Å².